The quantitative estimate of drug-likeness (QED) is 0.803. The smallest absolute Gasteiger partial charge is 0.323 e. The predicted molar refractivity (Wildman–Crippen MR) is 75.6 cm³/mol. The molecule has 1 heterocycles. The molecule has 1 aliphatic heterocycles. The van der Waals surface area contributed by atoms with Crippen LogP contribution in [0.15, 0.2) is 18.2 Å². The number of carbonyl (C=O) groups excluding carboxylic acids is 1. The van der Waals surface area contributed by atoms with E-state index in [2.05, 4.69) is 12.6 Å². The summed E-state index contributed by atoms with van der Waals surface area (Å²) < 4.78 is 10.4. The number of aliphatic carboxylic acids is 1. The van der Waals surface area contributed by atoms with Crippen molar-refractivity contribution in [3.05, 3.63) is 18.2 Å². The van der Waals surface area contributed by atoms with E-state index >= 15 is 0 Å². The van der Waals surface area contributed by atoms with E-state index < -0.39 is 12.5 Å². The largest absolute Gasteiger partial charge is 0.480 e. The number of thiol groups is 1. The Balaban J connectivity index is 2.30. The molecule has 1 aromatic rings. The summed E-state index contributed by atoms with van der Waals surface area (Å²) in [7, 11) is 0. The van der Waals surface area contributed by atoms with Crippen LogP contribution in [0.25, 0.3) is 0 Å². The fraction of sp³-hybridized carbons (Fsp3) is 0.385. The molecular weight excluding hydrogens is 282 g/mol. The third kappa shape index (κ3) is 2.98. The number of nitrogens with zero attached hydrogens (tertiary/aromatic N) is 1. The standard InChI is InChI=1S/C13H15NO5S/c1-8(6-20)13(17)14(5-12(15)16)9-2-3-10-11(4-9)19-7-18-10/h2-4,8,20H,5-7H2,1H3,(H,15,16)/t8-/m1/s1. The zero-order valence-electron chi connectivity index (χ0n) is 10.9. The molecule has 1 N–H and O–H groups in total. The van der Waals surface area contributed by atoms with E-state index in [0.29, 0.717) is 22.9 Å². The van der Waals surface area contributed by atoms with Gasteiger partial charge in [-0.25, -0.2) is 0 Å². The third-order valence-electron chi connectivity index (χ3n) is 2.92. The van der Waals surface area contributed by atoms with Crippen molar-refractivity contribution in [1.29, 1.82) is 0 Å². The summed E-state index contributed by atoms with van der Waals surface area (Å²) in [5.74, 6) is -0.311. The van der Waals surface area contributed by atoms with Crippen LogP contribution in [0, 0.1) is 5.92 Å². The zero-order valence-corrected chi connectivity index (χ0v) is 11.8. The molecular formula is C13H15NO5S. The number of amides is 1. The third-order valence-corrected chi connectivity index (χ3v) is 3.47. The van der Waals surface area contributed by atoms with Crippen LogP contribution in [0.4, 0.5) is 5.69 Å². The summed E-state index contributed by atoms with van der Waals surface area (Å²) in [6.45, 7) is 1.42. The summed E-state index contributed by atoms with van der Waals surface area (Å²) in [5, 5.41) is 8.97. The van der Waals surface area contributed by atoms with Gasteiger partial charge in [0.1, 0.15) is 6.54 Å². The molecule has 1 atom stereocenters. The summed E-state index contributed by atoms with van der Waals surface area (Å²) in [4.78, 5) is 24.4. The lowest BCUT2D eigenvalue weighted by Gasteiger charge is -2.23. The molecule has 0 radical (unpaired) electrons. The number of rotatable bonds is 5. The zero-order chi connectivity index (χ0) is 14.7. The van der Waals surface area contributed by atoms with E-state index in [0.717, 1.165) is 0 Å². The Morgan fingerprint density at radius 1 is 1.40 bits per heavy atom. The van der Waals surface area contributed by atoms with Crippen molar-refractivity contribution in [3.63, 3.8) is 0 Å². The molecule has 20 heavy (non-hydrogen) atoms. The lowest BCUT2D eigenvalue weighted by atomic mass is 10.1. The Kier molecular flexibility index (Phi) is 4.39. The van der Waals surface area contributed by atoms with Gasteiger partial charge in [0, 0.05) is 23.4 Å². The number of carboxylic acids is 1. The number of benzene rings is 1. The maximum absolute atomic E-state index is 12.3. The van der Waals surface area contributed by atoms with Gasteiger partial charge in [0.25, 0.3) is 0 Å². The van der Waals surface area contributed by atoms with Crippen LogP contribution in [0.5, 0.6) is 11.5 Å². The van der Waals surface area contributed by atoms with Crippen LogP contribution in [-0.4, -0.2) is 36.1 Å². The Morgan fingerprint density at radius 2 is 2.10 bits per heavy atom. The van der Waals surface area contributed by atoms with Gasteiger partial charge in [0.05, 0.1) is 0 Å². The molecule has 1 amide bonds. The van der Waals surface area contributed by atoms with Crippen LogP contribution >= 0.6 is 12.6 Å². The Morgan fingerprint density at radius 3 is 2.75 bits per heavy atom. The van der Waals surface area contributed by atoms with Crippen LogP contribution in [0.3, 0.4) is 0 Å². The molecule has 0 fully saturated rings. The van der Waals surface area contributed by atoms with Crippen molar-refractivity contribution in [2.75, 3.05) is 24.0 Å². The Bertz CT molecular complexity index is 533. The second-order valence-electron chi connectivity index (χ2n) is 4.44. The molecule has 0 saturated heterocycles. The maximum atomic E-state index is 12.3. The van der Waals surface area contributed by atoms with E-state index in [1.165, 1.54) is 4.90 Å². The Labute approximate surface area is 121 Å². The van der Waals surface area contributed by atoms with Gasteiger partial charge in [-0.2, -0.15) is 12.6 Å². The first kappa shape index (κ1) is 14.5. The van der Waals surface area contributed by atoms with Crippen LogP contribution in [0.1, 0.15) is 6.92 Å². The van der Waals surface area contributed by atoms with Gasteiger partial charge in [-0.05, 0) is 12.1 Å². The molecule has 0 unspecified atom stereocenters. The van der Waals surface area contributed by atoms with Gasteiger partial charge in [0.15, 0.2) is 11.5 Å². The number of fused-ring (bicyclic) bond motifs is 1. The van der Waals surface area contributed by atoms with Crippen LogP contribution in [0.2, 0.25) is 0 Å². The van der Waals surface area contributed by atoms with Gasteiger partial charge >= 0.3 is 5.97 Å². The SMILES string of the molecule is C[C@H](CS)C(=O)N(CC(=O)O)c1ccc2c(c1)OCO2. The van der Waals surface area contributed by atoms with Crippen LogP contribution < -0.4 is 14.4 Å². The van der Waals surface area contributed by atoms with E-state index in [-0.39, 0.29) is 18.6 Å². The average Bonchev–Trinajstić information content (AvgIpc) is 2.90. The molecule has 0 spiro atoms. The first-order chi connectivity index (χ1) is 9.52. The highest BCUT2D eigenvalue weighted by Gasteiger charge is 2.25. The van der Waals surface area contributed by atoms with E-state index in [9.17, 15) is 9.59 Å². The number of anilines is 1. The average molecular weight is 297 g/mol. The molecule has 1 aromatic carbocycles. The molecule has 108 valence electrons. The lowest BCUT2D eigenvalue weighted by molar-refractivity contribution is -0.137. The minimum atomic E-state index is -1.08. The van der Waals surface area contributed by atoms with Gasteiger partial charge in [-0.3, -0.25) is 9.59 Å². The molecule has 7 heteroatoms. The lowest BCUT2D eigenvalue weighted by Crippen LogP contribution is -2.39. The van der Waals surface area contributed by atoms with E-state index in [1.807, 2.05) is 0 Å². The van der Waals surface area contributed by atoms with Gasteiger partial charge in [-0.15, -0.1) is 0 Å². The van der Waals surface area contributed by atoms with E-state index in [1.54, 1.807) is 25.1 Å². The fourth-order valence-electron chi connectivity index (χ4n) is 1.83. The molecule has 0 bridgehead atoms. The van der Waals surface area contributed by atoms with Crippen molar-refractivity contribution in [3.8, 4) is 11.5 Å². The predicted octanol–water partition coefficient (Wildman–Crippen LogP) is 1.40. The Hall–Kier alpha value is -1.89. The molecule has 0 aromatic heterocycles. The second-order valence-corrected chi connectivity index (χ2v) is 4.80. The van der Waals surface area contributed by atoms with Crippen LogP contribution in [-0.2, 0) is 9.59 Å². The number of ether oxygens (including phenoxy) is 2. The first-order valence-electron chi connectivity index (χ1n) is 6.06. The highest BCUT2D eigenvalue weighted by atomic mass is 32.1. The topological polar surface area (TPSA) is 76.1 Å². The summed E-state index contributed by atoms with van der Waals surface area (Å²) in [6.07, 6.45) is 0. The van der Waals surface area contributed by atoms with Crippen molar-refractivity contribution >= 4 is 30.2 Å². The highest BCUT2D eigenvalue weighted by Crippen LogP contribution is 2.35. The van der Waals surface area contributed by atoms with E-state index in [4.69, 9.17) is 14.6 Å². The molecule has 1 aliphatic rings. The maximum Gasteiger partial charge on any atom is 0.323 e. The monoisotopic (exact) mass is 297 g/mol. The van der Waals surface area contributed by atoms with Gasteiger partial charge in [0.2, 0.25) is 12.7 Å². The highest BCUT2D eigenvalue weighted by molar-refractivity contribution is 7.80. The number of hydrogen-bond acceptors (Lipinski definition) is 5. The molecule has 2 rings (SSSR count). The molecule has 0 aliphatic carbocycles. The van der Waals surface area contributed by atoms with Crippen molar-refractivity contribution < 1.29 is 24.2 Å². The fourth-order valence-corrected chi connectivity index (χ4v) is 1.99. The molecule has 0 saturated carbocycles. The minimum absolute atomic E-state index is 0.124. The van der Waals surface area contributed by atoms with Gasteiger partial charge in [-0.1, -0.05) is 6.92 Å². The first-order valence-corrected chi connectivity index (χ1v) is 6.70. The summed E-state index contributed by atoms with van der Waals surface area (Å²) >= 11 is 4.08. The van der Waals surface area contributed by atoms with Crippen molar-refractivity contribution in [2.24, 2.45) is 5.92 Å². The van der Waals surface area contributed by atoms with Gasteiger partial charge < -0.3 is 19.5 Å². The number of carboxylic acid groups (broad SMARTS) is 1. The minimum Gasteiger partial charge on any atom is -0.480 e. The second kappa shape index (κ2) is 6.04. The normalized spacial score (nSPS) is 13.9. The van der Waals surface area contributed by atoms with Crippen molar-refractivity contribution in [2.45, 2.75) is 6.92 Å². The summed E-state index contributed by atoms with van der Waals surface area (Å²) in [5.41, 5.74) is 0.468. The summed E-state index contributed by atoms with van der Waals surface area (Å²) in [6, 6.07) is 4.90. The van der Waals surface area contributed by atoms with Crippen molar-refractivity contribution in [1.82, 2.24) is 0 Å². The number of hydrogen-bond donors (Lipinski definition) is 2. The molecule has 6 nitrogen and oxygen atoms in total. The number of carbonyl (C=O) groups is 2.